The molecule has 14 nitrogen and oxygen atoms in total. The summed E-state index contributed by atoms with van der Waals surface area (Å²) in [6.45, 7) is 4.24. The number of fused-ring (bicyclic) bond motifs is 1. The molecule has 0 radical (unpaired) electrons. The van der Waals surface area contributed by atoms with Crippen LogP contribution in [0.1, 0.15) is 43.5 Å². The van der Waals surface area contributed by atoms with E-state index in [0.717, 1.165) is 49.1 Å². The number of rotatable bonds is 10. The van der Waals surface area contributed by atoms with Crippen LogP contribution in [0.4, 0.5) is 22.5 Å². The first-order valence-corrected chi connectivity index (χ1v) is 17.4. The Labute approximate surface area is 264 Å². The highest BCUT2D eigenvalue weighted by Crippen LogP contribution is 2.38. The van der Waals surface area contributed by atoms with Crippen molar-refractivity contribution in [3.8, 4) is 5.88 Å². The Kier molecular flexibility index (Phi) is 8.96. The van der Waals surface area contributed by atoms with E-state index >= 15 is 0 Å². The molecule has 0 spiro atoms. The average molecular weight is 655 g/mol. The maximum Gasteiger partial charge on any atom is 0.324 e. The molecule has 1 aliphatic carbocycles. The zero-order valence-corrected chi connectivity index (χ0v) is 26.5. The van der Waals surface area contributed by atoms with Gasteiger partial charge in [0.15, 0.2) is 0 Å². The standard InChI is InChI=1S/C29H34N8O6S2/c1-19(25-8-9-27(44-25)37(38)39)36(45(2,40)41)21-16-23-24(32-18-21)17-26(35-12-14-42-15-13-35)34-28(23)43-22-6-4-20(5-7-22)33-29-30-10-3-11-31-29/h3,8-11,16-20,22H,4-7,12-15H2,1-2H3,(H,30,31,33). The van der Waals surface area contributed by atoms with E-state index in [-0.39, 0.29) is 17.1 Å². The quantitative estimate of drug-likeness (QED) is 0.187. The predicted molar refractivity (Wildman–Crippen MR) is 172 cm³/mol. The summed E-state index contributed by atoms with van der Waals surface area (Å²) < 4.78 is 39.6. The third-order valence-electron chi connectivity index (χ3n) is 7.97. The fourth-order valence-corrected chi connectivity index (χ4v) is 7.86. The minimum atomic E-state index is -3.81. The molecule has 0 aromatic carbocycles. The number of pyridine rings is 2. The molecule has 2 aliphatic rings. The maximum absolute atomic E-state index is 13.1. The Balaban J connectivity index is 1.31. The lowest BCUT2D eigenvalue weighted by atomic mass is 9.93. The van der Waals surface area contributed by atoms with E-state index in [9.17, 15) is 18.5 Å². The molecule has 2 fully saturated rings. The highest BCUT2D eigenvalue weighted by Gasteiger charge is 2.30. The number of thiophene rings is 1. The van der Waals surface area contributed by atoms with Crippen LogP contribution in [0.25, 0.3) is 10.9 Å². The lowest BCUT2D eigenvalue weighted by Gasteiger charge is -2.31. The molecule has 1 N–H and O–H groups in total. The molecule has 1 unspecified atom stereocenters. The monoisotopic (exact) mass is 654 g/mol. The molecule has 1 atom stereocenters. The Hall–Kier alpha value is -4.15. The number of sulfonamides is 1. The molecule has 6 rings (SSSR count). The molecule has 0 amide bonds. The molecular weight excluding hydrogens is 621 g/mol. The van der Waals surface area contributed by atoms with Gasteiger partial charge in [0, 0.05) is 48.5 Å². The van der Waals surface area contributed by atoms with E-state index in [1.54, 1.807) is 37.5 Å². The van der Waals surface area contributed by atoms with Crippen LogP contribution >= 0.6 is 11.3 Å². The van der Waals surface area contributed by atoms with E-state index in [0.29, 0.717) is 59.6 Å². The minimum absolute atomic E-state index is 0.0568. The molecule has 4 aromatic heterocycles. The molecule has 238 valence electrons. The fourth-order valence-electron chi connectivity index (χ4n) is 5.76. The summed E-state index contributed by atoms with van der Waals surface area (Å²) in [4.78, 5) is 31.6. The number of aromatic nitrogens is 4. The van der Waals surface area contributed by atoms with Gasteiger partial charge in [-0.1, -0.05) is 11.3 Å². The Morgan fingerprint density at radius 2 is 1.87 bits per heavy atom. The number of anilines is 3. The van der Waals surface area contributed by atoms with E-state index in [1.807, 2.05) is 6.07 Å². The minimum Gasteiger partial charge on any atom is -0.474 e. The van der Waals surface area contributed by atoms with E-state index in [1.165, 1.54) is 16.6 Å². The highest BCUT2D eigenvalue weighted by molar-refractivity contribution is 7.92. The largest absolute Gasteiger partial charge is 0.474 e. The zero-order valence-electron chi connectivity index (χ0n) is 24.9. The van der Waals surface area contributed by atoms with E-state index < -0.39 is 21.0 Å². The van der Waals surface area contributed by atoms with Crippen LogP contribution in [0, 0.1) is 10.1 Å². The fraction of sp³-hybridized carbons (Fsp3) is 0.448. The summed E-state index contributed by atoms with van der Waals surface area (Å²) >= 11 is 0.945. The van der Waals surface area contributed by atoms with Gasteiger partial charge in [-0.3, -0.25) is 19.4 Å². The summed E-state index contributed by atoms with van der Waals surface area (Å²) in [6.07, 6.45) is 9.23. The van der Waals surface area contributed by atoms with Crippen molar-refractivity contribution in [1.82, 2.24) is 19.9 Å². The Morgan fingerprint density at radius 3 is 2.53 bits per heavy atom. The SMILES string of the molecule is CC(c1ccc([N+](=O)[O-])s1)N(c1cnc2cc(N3CCOCC3)nc(OC3CCC(Nc4ncccn4)CC3)c2c1)S(C)(=O)=O. The first-order valence-electron chi connectivity index (χ1n) is 14.7. The number of hydrogen-bond acceptors (Lipinski definition) is 13. The Bertz CT molecular complexity index is 1760. The number of ether oxygens (including phenoxy) is 2. The molecule has 1 aliphatic heterocycles. The maximum atomic E-state index is 13.1. The van der Waals surface area contributed by atoms with Gasteiger partial charge in [-0.05, 0) is 50.8 Å². The van der Waals surface area contributed by atoms with Crippen molar-refractivity contribution in [2.45, 2.75) is 50.8 Å². The second-order valence-electron chi connectivity index (χ2n) is 11.1. The van der Waals surface area contributed by atoms with Crippen LogP contribution in [-0.4, -0.2) is 78.0 Å². The number of nitro groups is 1. The lowest BCUT2D eigenvalue weighted by Crippen LogP contribution is -2.37. The number of nitrogens with zero attached hydrogens (tertiary/aromatic N) is 7. The molecule has 16 heteroatoms. The molecule has 5 heterocycles. The predicted octanol–water partition coefficient (Wildman–Crippen LogP) is 4.56. The van der Waals surface area contributed by atoms with Gasteiger partial charge in [-0.15, -0.1) is 0 Å². The second kappa shape index (κ2) is 13.1. The summed E-state index contributed by atoms with van der Waals surface area (Å²) in [5.74, 6) is 1.71. The van der Waals surface area contributed by atoms with Gasteiger partial charge in [-0.2, -0.15) is 4.98 Å². The molecule has 0 bridgehead atoms. The van der Waals surface area contributed by atoms with Crippen molar-refractivity contribution in [1.29, 1.82) is 0 Å². The van der Waals surface area contributed by atoms with Crippen molar-refractivity contribution in [2.24, 2.45) is 0 Å². The smallest absolute Gasteiger partial charge is 0.324 e. The number of hydrogen-bond donors (Lipinski definition) is 1. The van der Waals surface area contributed by atoms with Crippen LogP contribution in [0.3, 0.4) is 0 Å². The van der Waals surface area contributed by atoms with Crippen LogP contribution in [0.2, 0.25) is 0 Å². The third-order valence-corrected chi connectivity index (χ3v) is 10.4. The van der Waals surface area contributed by atoms with Gasteiger partial charge < -0.3 is 19.7 Å². The van der Waals surface area contributed by atoms with Crippen LogP contribution in [0.15, 0.2) is 48.9 Å². The molecular formula is C29H34N8O6S2. The third kappa shape index (κ3) is 7.07. The van der Waals surface area contributed by atoms with Crippen LogP contribution in [-0.2, 0) is 14.8 Å². The lowest BCUT2D eigenvalue weighted by molar-refractivity contribution is -0.380. The first-order chi connectivity index (χ1) is 21.7. The first kappa shape index (κ1) is 30.9. The van der Waals surface area contributed by atoms with Crippen molar-refractivity contribution >= 4 is 54.7 Å². The van der Waals surface area contributed by atoms with Crippen LogP contribution in [0.5, 0.6) is 5.88 Å². The summed E-state index contributed by atoms with van der Waals surface area (Å²) in [5.41, 5.74) is 0.935. The number of morpholine rings is 1. The molecule has 45 heavy (non-hydrogen) atoms. The van der Waals surface area contributed by atoms with Gasteiger partial charge in [0.05, 0.1) is 53.2 Å². The van der Waals surface area contributed by atoms with Crippen molar-refractivity contribution < 1.29 is 22.8 Å². The zero-order chi connectivity index (χ0) is 31.6. The van der Waals surface area contributed by atoms with Crippen molar-refractivity contribution in [3.63, 3.8) is 0 Å². The molecule has 1 saturated carbocycles. The van der Waals surface area contributed by atoms with Crippen molar-refractivity contribution in [3.05, 3.63) is 63.9 Å². The normalized spacial score (nSPS) is 19.6. The summed E-state index contributed by atoms with van der Waals surface area (Å²) in [6, 6.07) is 7.88. The topological polar surface area (TPSA) is 166 Å². The number of nitrogens with one attached hydrogen (secondary N) is 1. The Morgan fingerprint density at radius 1 is 1.13 bits per heavy atom. The molecule has 4 aromatic rings. The van der Waals surface area contributed by atoms with Gasteiger partial charge in [-0.25, -0.2) is 18.4 Å². The van der Waals surface area contributed by atoms with Gasteiger partial charge in [0.25, 0.3) is 0 Å². The highest BCUT2D eigenvalue weighted by atomic mass is 32.2. The summed E-state index contributed by atoms with van der Waals surface area (Å²) in [5, 5.41) is 15.2. The van der Waals surface area contributed by atoms with Gasteiger partial charge in [0.1, 0.15) is 11.9 Å². The van der Waals surface area contributed by atoms with E-state index in [2.05, 4.69) is 25.2 Å². The average Bonchev–Trinajstić information content (AvgIpc) is 3.54. The van der Waals surface area contributed by atoms with Gasteiger partial charge in [0.2, 0.25) is 21.9 Å². The van der Waals surface area contributed by atoms with Crippen molar-refractivity contribution in [2.75, 3.05) is 47.1 Å². The van der Waals surface area contributed by atoms with Gasteiger partial charge >= 0.3 is 5.00 Å². The molecule has 1 saturated heterocycles. The van der Waals surface area contributed by atoms with E-state index in [4.69, 9.17) is 14.5 Å². The van der Waals surface area contributed by atoms with Crippen LogP contribution < -0.4 is 19.3 Å². The summed E-state index contributed by atoms with van der Waals surface area (Å²) in [7, 11) is -3.81. The second-order valence-corrected chi connectivity index (χ2v) is 14.1.